The zero-order chi connectivity index (χ0) is 31.0. The maximum absolute atomic E-state index is 16.6. The van der Waals surface area contributed by atoms with Crippen LogP contribution >= 0.6 is 11.6 Å². The highest BCUT2D eigenvalue weighted by molar-refractivity contribution is 6.31. The lowest BCUT2D eigenvalue weighted by Gasteiger charge is -2.13. The van der Waals surface area contributed by atoms with Crippen LogP contribution in [-0.4, -0.2) is 45.1 Å². The molecular formula is C34H20ClFN10. The molecule has 0 radical (unpaired) electrons. The molecule has 0 aliphatic carbocycles. The topological polar surface area (TPSA) is 131 Å². The highest BCUT2D eigenvalue weighted by Gasteiger charge is 2.20. The fourth-order valence-electron chi connectivity index (χ4n) is 5.35. The molecule has 0 aliphatic heterocycles. The molecule has 0 atom stereocenters. The Hall–Kier alpha value is -6.20. The minimum Gasteiger partial charge on any atom is -0.338 e. The molecule has 12 heteroatoms. The van der Waals surface area contributed by atoms with Crippen LogP contribution in [0.25, 0.3) is 67.1 Å². The van der Waals surface area contributed by atoms with Gasteiger partial charge in [-0.2, -0.15) is 5.10 Å². The van der Waals surface area contributed by atoms with Gasteiger partial charge in [-0.25, -0.2) is 24.3 Å². The van der Waals surface area contributed by atoms with Crippen LogP contribution in [-0.2, 0) is 0 Å². The standard InChI is InChI=1S/C34H20ClFN10/c35-20-16-23(19-4-5-27-24(15-19)22(8-12-39-27)26-18-42-46-30(26)28-3-1-2-9-38-28)29(36)25(17-20)32-44-33-31(40-13-14-41-33)34(45-32)43-21-6-10-37-11-7-21/h1-18H,(H,42,46)(H,37,41,43,44,45). The summed E-state index contributed by atoms with van der Waals surface area (Å²) in [7, 11) is 0. The summed E-state index contributed by atoms with van der Waals surface area (Å²) in [5, 5.41) is 11.8. The average molecular weight is 623 g/mol. The first-order chi connectivity index (χ1) is 22.6. The van der Waals surface area contributed by atoms with E-state index in [-0.39, 0.29) is 17.0 Å². The largest absolute Gasteiger partial charge is 0.338 e. The molecular weight excluding hydrogens is 603 g/mol. The van der Waals surface area contributed by atoms with Gasteiger partial charge in [0.2, 0.25) is 0 Å². The van der Waals surface area contributed by atoms with Gasteiger partial charge in [0.05, 0.1) is 16.8 Å². The van der Waals surface area contributed by atoms with Crippen molar-refractivity contribution in [3.63, 3.8) is 0 Å². The number of hydrogen-bond acceptors (Lipinski definition) is 9. The van der Waals surface area contributed by atoms with Crippen molar-refractivity contribution in [2.24, 2.45) is 0 Å². The maximum atomic E-state index is 16.6. The molecule has 220 valence electrons. The van der Waals surface area contributed by atoms with Crippen molar-refractivity contribution < 1.29 is 4.39 Å². The predicted molar refractivity (Wildman–Crippen MR) is 175 cm³/mol. The Morgan fingerprint density at radius 3 is 2.46 bits per heavy atom. The summed E-state index contributed by atoms with van der Waals surface area (Å²) in [6, 6.07) is 19.8. The molecule has 6 aromatic heterocycles. The molecule has 0 fully saturated rings. The van der Waals surface area contributed by atoms with Crippen molar-refractivity contribution >= 4 is 45.2 Å². The second-order valence-corrected chi connectivity index (χ2v) is 10.7. The Bertz CT molecular complexity index is 2380. The molecule has 0 bridgehead atoms. The zero-order valence-corrected chi connectivity index (χ0v) is 24.5. The van der Waals surface area contributed by atoms with Crippen LogP contribution in [0.5, 0.6) is 0 Å². The molecule has 0 amide bonds. The summed E-state index contributed by atoms with van der Waals surface area (Å²) in [4.78, 5) is 31.1. The molecule has 8 rings (SSSR count). The Morgan fingerprint density at radius 1 is 0.717 bits per heavy atom. The van der Waals surface area contributed by atoms with Crippen LogP contribution in [0.1, 0.15) is 0 Å². The number of halogens is 2. The molecule has 8 aromatic rings. The minimum atomic E-state index is -0.537. The van der Waals surface area contributed by atoms with Crippen molar-refractivity contribution in [2.45, 2.75) is 0 Å². The summed E-state index contributed by atoms with van der Waals surface area (Å²) in [5.41, 5.74) is 6.33. The third kappa shape index (κ3) is 4.94. The van der Waals surface area contributed by atoms with Crippen LogP contribution in [0, 0.1) is 5.82 Å². The van der Waals surface area contributed by atoms with Gasteiger partial charge in [0.15, 0.2) is 22.8 Å². The number of nitrogens with zero attached hydrogens (tertiary/aromatic N) is 8. The first-order valence-electron chi connectivity index (χ1n) is 14.1. The predicted octanol–water partition coefficient (Wildman–Crippen LogP) is 7.69. The molecule has 0 spiro atoms. The van der Waals surface area contributed by atoms with E-state index in [4.69, 9.17) is 11.6 Å². The zero-order valence-electron chi connectivity index (χ0n) is 23.7. The van der Waals surface area contributed by atoms with Gasteiger partial charge in [-0.3, -0.25) is 20.1 Å². The van der Waals surface area contributed by atoms with E-state index in [1.54, 1.807) is 49.2 Å². The molecule has 0 saturated heterocycles. The Kier molecular flexibility index (Phi) is 6.77. The summed E-state index contributed by atoms with van der Waals surface area (Å²) in [5.74, 6) is -0.0670. The average Bonchev–Trinajstić information content (AvgIpc) is 3.59. The lowest BCUT2D eigenvalue weighted by molar-refractivity contribution is 0.633. The summed E-state index contributed by atoms with van der Waals surface area (Å²) in [6.45, 7) is 0. The number of hydrogen-bond donors (Lipinski definition) is 2. The van der Waals surface area contributed by atoms with Crippen molar-refractivity contribution in [3.8, 4) is 45.0 Å². The van der Waals surface area contributed by atoms with E-state index in [0.717, 1.165) is 33.4 Å². The van der Waals surface area contributed by atoms with Crippen molar-refractivity contribution in [2.75, 3.05) is 5.32 Å². The number of nitrogens with one attached hydrogen (secondary N) is 2. The molecule has 0 unspecified atom stereocenters. The van der Waals surface area contributed by atoms with Crippen LogP contribution in [0.2, 0.25) is 5.02 Å². The molecule has 46 heavy (non-hydrogen) atoms. The van der Waals surface area contributed by atoms with Gasteiger partial charge in [0.25, 0.3) is 0 Å². The number of pyridine rings is 3. The smallest absolute Gasteiger partial charge is 0.184 e. The summed E-state index contributed by atoms with van der Waals surface area (Å²) in [6.07, 6.45) is 11.7. The number of aromatic nitrogens is 9. The van der Waals surface area contributed by atoms with E-state index in [1.165, 1.54) is 12.3 Å². The fourth-order valence-corrected chi connectivity index (χ4v) is 5.57. The highest BCUT2D eigenvalue weighted by atomic mass is 35.5. The van der Waals surface area contributed by atoms with Crippen LogP contribution < -0.4 is 5.32 Å². The normalized spacial score (nSPS) is 11.3. The van der Waals surface area contributed by atoms with Crippen molar-refractivity contribution in [1.29, 1.82) is 0 Å². The van der Waals surface area contributed by atoms with Gasteiger partial charge in [-0.1, -0.05) is 23.7 Å². The lowest BCUT2D eigenvalue weighted by atomic mass is 9.95. The summed E-state index contributed by atoms with van der Waals surface area (Å²) < 4.78 is 16.6. The number of fused-ring (bicyclic) bond motifs is 2. The van der Waals surface area contributed by atoms with Crippen LogP contribution in [0.3, 0.4) is 0 Å². The van der Waals surface area contributed by atoms with Gasteiger partial charge in [0.1, 0.15) is 11.5 Å². The minimum absolute atomic E-state index is 0.104. The number of benzene rings is 2. The van der Waals surface area contributed by atoms with Crippen molar-refractivity contribution in [3.05, 3.63) is 121 Å². The number of rotatable bonds is 6. The highest BCUT2D eigenvalue weighted by Crippen LogP contribution is 2.38. The van der Waals surface area contributed by atoms with Gasteiger partial charge >= 0.3 is 0 Å². The fraction of sp³-hybridized carbons (Fsp3) is 0. The monoisotopic (exact) mass is 622 g/mol. The molecule has 2 N–H and O–H groups in total. The van der Waals surface area contributed by atoms with Crippen LogP contribution in [0.4, 0.5) is 15.9 Å². The van der Waals surface area contributed by atoms with E-state index in [0.29, 0.717) is 33.3 Å². The summed E-state index contributed by atoms with van der Waals surface area (Å²) >= 11 is 6.62. The number of H-pyrrole nitrogens is 1. The first kappa shape index (κ1) is 27.4. The molecule has 2 aromatic carbocycles. The second-order valence-electron chi connectivity index (χ2n) is 10.3. The Labute approximate surface area is 265 Å². The molecule has 0 aliphatic rings. The SMILES string of the molecule is Fc1c(-c2ccc3nccc(-c4c[nH]nc4-c4ccccn4)c3c2)cc(Cl)cc1-c1nc(Nc2ccncc2)c2nccnc2n1. The Morgan fingerprint density at radius 2 is 1.59 bits per heavy atom. The van der Waals surface area contributed by atoms with E-state index >= 15 is 4.39 Å². The van der Waals surface area contributed by atoms with Crippen LogP contribution in [0.15, 0.2) is 110 Å². The van der Waals surface area contributed by atoms with Gasteiger partial charge < -0.3 is 5.32 Å². The van der Waals surface area contributed by atoms with E-state index in [9.17, 15) is 0 Å². The number of anilines is 2. The third-order valence-corrected chi connectivity index (χ3v) is 7.66. The number of aromatic amines is 1. The van der Waals surface area contributed by atoms with E-state index in [2.05, 4.69) is 50.4 Å². The quantitative estimate of drug-likeness (QED) is 0.192. The molecule has 10 nitrogen and oxygen atoms in total. The lowest BCUT2D eigenvalue weighted by Crippen LogP contribution is -2.03. The van der Waals surface area contributed by atoms with Gasteiger partial charge in [-0.15, -0.1) is 0 Å². The maximum Gasteiger partial charge on any atom is 0.184 e. The molecule has 0 saturated carbocycles. The Balaban J connectivity index is 1.27. The van der Waals surface area contributed by atoms with Gasteiger partial charge in [-0.05, 0) is 65.7 Å². The second kappa shape index (κ2) is 11.4. The van der Waals surface area contributed by atoms with E-state index in [1.807, 2.05) is 48.7 Å². The third-order valence-electron chi connectivity index (χ3n) is 7.44. The first-order valence-corrected chi connectivity index (χ1v) is 14.5. The van der Waals surface area contributed by atoms with Gasteiger partial charge in [0, 0.05) is 70.6 Å². The van der Waals surface area contributed by atoms with Crippen molar-refractivity contribution in [1.82, 2.24) is 45.1 Å². The van der Waals surface area contributed by atoms with E-state index < -0.39 is 5.82 Å². The molecule has 6 heterocycles.